The van der Waals surface area contributed by atoms with Gasteiger partial charge in [0.25, 0.3) is 0 Å². The molecule has 1 amide bonds. The van der Waals surface area contributed by atoms with Gasteiger partial charge in [-0.25, -0.2) is 4.98 Å². The van der Waals surface area contributed by atoms with Crippen molar-refractivity contribution in [3.63, 3.8) is 0 Å². The highest BCUT2D eigenvalue weighted by Gasteiger charge is 2.22. The van der Waals surface area contributed by atoms with Gasteiger partial charge in [0.15, 0.2) is 0 Å². The lowest BCUT2D eigenvalue weighted by molar-refractivity contribution is -0.121. The Morgan fingerprint density at radius 1 is 1.32 bits per heavy atom. The number of aromatic nitrogens is 2. The Labute approximate surface area is 113 Å². The number of nitrogens with one attached hydrogen (secondary N) is 3. The predicted octanol–water partition coefficient (Wildman–Crippen LogP) is 1.38. The zero-order valence-corrected chi connectivity index (χ0v) is 11.3. The molecule has 0 atom stereocenters. The lowest BCUT2D eigenvalue weighted by atomic mass is 10.3. The van der Waals surface area contributed by atoms with Crippen molar-refractivity contribution in [2.45, 2.75) is 38.6 Å². The third-order valence-electron chi connectivity index (χ3n) is 2.82. The zero-order valence-electron chi connectivity index (χ0n) is 11.3. The molecule has 0 aliphatic heterocycles. The normalized spacial score (nSPS) is 13.9. The summed E-state index contributed by atoms with van der Waals surface area (Å²) in [6, 6.07) is 0.447. The third kappa shape index (κ3) is 5.11. The van der Waals surface area contributed by atoms with Crippen LogP contribution in [-0.4, -0.2) is 35.0 Å². The predicted molar refractivity (Wildman–Crippen MR) is 75.1 cm³/mol. The molecule has 19 heavy (non-hydrogen) atoms. The summed E-state index contributed by atoms with van der Waals surface area (Å²) in [6.45, 7) is 3.56. The molecule has 1 fully saturated rings. The molecule has 1 saturated carbocycles. The van der Waals surface area contributed by atoms with E-state index in [0.29, 0.717) is 12.5 Å². The molecule has 0 bridgehead atoms. The standard InChI is InChI=1S/C13H21N5O/c1-2-15-11-8-14-9-12(18-11)16-7-3-4-13(19)17-10-5-6-10/h8-10H,2-7H2,1H3,(H,17,19)(H2,15,16,18). The maximum absolute atomic E-state index is 11.5. The van der Waals surface area contributed by atoms with Crippen LogP contribution in [0.2, 0.25) is 0 Å². The average Bonchev–Trinajstić information content (AvgIpc) is 3.19. The number of amides is 1. The van der Waals surface area contributed by atoms with Gasteiger partial charge in [-0.1, -0.05) is 0 Å². The monoisotopic (exact) mass is 263 g/mol. The van der Waals surface area contributed by atoms with Crippen molar-refractivity contribution >= 4 is 17.5 Å². The number of hydrogen-bond donors (Lipinski definition) is 3. The Morgan fingerprint density at radius 2 is 2.05 bits per heavy atom. The van der Waals surface area contributed by atoms with E-state index < -0.39 is 0 Å². The second kappa shape index (κ2) is 6.92. The molecule has 0 radical (unpaired) electrons. The number of carbonyl (C=O) groups excluding carboxylic acids is 1. The van der Waals surface area contributed by atoms with Gasteiger partial charge in [0.1, 0.15) is 11.6 Å². The Morgan fingerprint density at radius 3 is 2.74 bits per heavy atom. The summed E-state index contributed by atoms with van der Waals surface area (Å²) in [5.74, 6) is 1.65. The minimum atomic E-state index is 0.150. The molecule has 0 unspecified atom stereocenters. The fourth-order valence-electron chi connectivity index (χ4n) is 1.71. The van der Waals surface area contributed by atoms with E-state index in [1.54, 1.807) is 12.4 Å². The van der Waals surface area contributed by atoms with Crippen LogP contribution >= 0.6 is 0 Å². The first kappa shape index (κ1) is 13.6. The fourth-order valence-corrected chi connectivity index (χ4v) is 1.71. The van der Waals surface area contributed by atoms with Gasteiger partial charge >= 0.3 is 0 Å². The van der Waals surface area contributed by atoms with Gasteiger partial charge in [0.2, 0.25) is 5.91 Å². The van der Waals surface area contributed by atoms with Crippen LogP contribution in [0.3, 0.4) is 0 Å². The smallest absolute Gasteiger partial charge is 0.220 e. The van der Waals surface area contributed by atoms with Crippen molar-refractivity contribution in [3.05, 3.63) is 12.4 Å². The van der Waals surface area contributed by atoms with Gasteiger partial charge in [-0.3, -0.25) is 9.78 Å². The number of rotatable bonds is 8. The SMILES string of the molecule is CCNc1cncc(NCCCC(=O)NC2CC2)n1. The van der Waals surface area contributed by atoms with Crippen LogP contribution in [0, 0.1) is 0 Å². The molecule has 0 saturated heterocycles. The summed E-state index contributed by atoms with van der Waals surface area (Å²) in [5.41, 5.74) is 0. The largest absolute Gasteiger partial charge is 0.369 e. The van der Waals surface area contributed by atoms with Crippen LogP contribution in [0.25, 0.3) is 0 Å². The molecule has 1 aliphatic rings. The van der Waals surface area contributed by atoms with Gasteiger partial charge in [-0.05, 0) is 26.2 Å². The van der Waals surface area contributed by atoms with Crippen molar-refractivity contribution in [2.24, 2.45) is 0 Å². The molecule has 6 nitrogen and oxygen atoms in total. The quantitative estimate of drug-likeness (QED) is 0.618. The molecule has 3 N–H and O–H groups in total. The first-order valence-corrected chi connectivity index (χ1v) is 6.87. The van der Waals surface area contributed by atoms with E-state index in [2.05, 4.69) is 25.9 Å². The minimum Gasteiger partial charge on any atom is -0.369 e. The lowest BCUT2D eigenvalue weighted by Gasteiger charge is -2.07. The molecule has 1 heterocycles. The highest BCUT2D eigenvalue weighted by atomic mass is 16.1. The van der Waals surface area contributed by atoms with Crippen molar-refractivity contribution in [1.29, 1.82) is 0 Å². The number of nitrogens with zero attached hydrogens (tertiary/aromatic N) is 2. The molecular weight excluding hydrogens is 242 g/mol. The molecular formula is C13H21N5O. The Balaban J connectivity index is 1.64. The van der Waals surface area contributed by atoms with E-state index in [0.717, 1.165) is 44.0 Å². The Kier molecular flexibility index (Phi) is 4.94. The topological polar surface area (TPSA) is 78.9 Å². The van der Waals surface area contributed by atoms with Gasteiger partial charge < -0.3 is 16.0 Å². The molecule has 1 aromatic rings. The van der Waals surface area contributed by atoms with Crippen LogP contribution in [0.15, 0.2) is 12.4 Å². The minimum absolute atomic E-state index is 0.150. The van der Waals surface area contributed by atoms with Crippen molar-refractivity contribution in [1.82, 2.24) is 15.3 Å². The van der Waals surface area contributed by atoms with Gasteiger partial charge in [0.05, 0.1) is 12.4 Å². The van der Waals surface area contributed by atoms with Gasteiger partial charge in [-0.2, -0.15) is 0 Å². The molecule has 0 spiro atoms. The van der Waals surface area contributed by atoms with Crippen molar-refractivity contribution in [3.8, 4) is 0 Å². The molecule has 2 rings (SSSR count). The van der Waals surface area contributed by atoms with E-state index in [-0.39, 0.29) is 5.91 Å². The number of anilines is 2. The van der Waals surface area contributed by atoms with Crippen molar-refractivity contribution in [2.75, 3.05) is 23.7 Å². The van der Waals surface area contributed by atoms with Gasteiger partial charge in [0, 0.05) is 25.6 Å². The number of hydrogen-bond acceptors (Lipinski definition) is 5. The van der Waals surface area contributed by atoms with E-state index in [9.17, 15) is 4.79 Å². The summed E-state index contributed by atoms with van der Waals surface area (Å²) < 4.78 is 0. The highest BCUT2D eigenvalue weighted by Crippen LogP contribution is 2.18. The van der Waals surface area contributed by atoms with Crippen LogP contribution in [0.5, 0.6) is 0 Å². The Hall–Kier alpha value is -1.85. The highest BCUT2D eigenvalue weighted by molar-refractivity contribution is 5.76. The first-order valence-electron chi connectivity index (χ1n) is 6.87. The van der Waals surface area contributed by atoms with E-state index in [4.69, 9.17) is 0 Å². The Bertz CT molecular complexity index is 419. The molecule has 1 aliphatic carbocycles. The summed E-state index contributed by atoms with van der Waals surface area (Å²) in [4.78, 5) is 19.9. The summed E-state index contributed by atoms with van der Waals surface area (Å²) >= 11 is 0. The number of carbonyl (C=O) groups is 1. The maximum atomic E-state index is 11.5. The summed E-state index contributed by atoms with van der Waals surface area (Å²) in [5, 5.41) is 9.26. The average molecular weight is 263 g/mol. The third-order valence-corrected chi connectivity index (χ3v) is 2.82. The van der Waals surface area contributed by atoms with Crippen LogP contribution in [0.4, 0.5) is 11.6 Å². The molecule has 1 aromatic heterocycles. The van der Waals surface area contributed by atoms with Gasteiger partial charge in [-0.15, -0.1) is 0 Å². The second-order valence-corrected chi connectivity index (χ2v) is 4.69. The maximum Gasteiger partial charge on any atom is 0.220 e. The lowest BCUT2D eigenvalue weighted by Crippen LogP contribution is -2.25. The zero-order chi connectivity index (χ0) is 13.5. The van der Waals surface area contributed by atoms with Crippen molar-refractivity contribution < 1.29 is 4.79 Å². The molecule has 6 heteroatoms. The molecule has 0 aromatic carbocycles. The van der Waals surface area contributed by atoms with Crippen LogP contribution < -0.4 is 16.0 Å². The van der Waals surface area contributed by atoms with E-state index >= 15 is 0 Å². The first-order chi connectivity index (χ1) is 9.28. The molecule has 104 valence electrons. The van der Waals surface area contributed by atoms with E-state index in [1.165, 1.54) is 0 Å². The fraction of sp³-hybridized carbons (Fsp3) is 0.615. The summed E-state index contributed by atoms with van der Waals surface area (Å²) in [6.07, 6.45) is 7.01. The van der Waals surface area contributed by atoms with Crippen LogP contribution in [-0.2, 0) is 4.79 Å². The van der Waals surface area contributed by atoms with E-state index in [1.807, 2.05) is 6.92 Å². The second-order valence-electron chi connectivity index (χ2n) is 4.69. The van der Waals surface area contributed by atoms with Crippen LogP contribution in [0.1, 0.15) is 32.6 Å². The summed E-state index contributed by atoms with van der Waals surface area (Å²) in [7, 11) is 0.